The number of aliphatic carboxylic acids is 1. The summed E-state index contributed by atoms with van der Waals surface area (Å²) in [5, 5.41) is 6.70. The Morgan fingerprint density at radius 1 is 1.19 bits per heavy atom. The zero-order valence-electron chi connectivity index (χ0n) is 18.0. The van der Waals surface area contributed by atoms with Crippen LogP contribution in [0.3, 0.4) is 0 Å². The highest BCUT2D eigenvalue weighted by Crippen LogP contribution is 2.38. The van der Waals surface area contributed by atoms with E-state index in [1.165, 1.54) is 0 Å². The summed E-state index contributed by atoms with van der Waals surface area (Å²) in [7, 11) is 1.99. The number of halogens is 3. The molecule has 1 aromatic carbocycles. The number of carboxylic acid groups (broad SMARTS) is 1. The van der Waals surface area contributed by atoms with Crippen molar-refractivity contribution in [1.82, 2.24) is 9.80 Å². The molecule has 2 aliphatic heterocycles. The first-order valence-corrected chi connectivity index (χ1v) is 11.6. The summed E-state index contributed by atoms with van der Waals surface area (Å²) in [6.45, 7) is 1.85. The number of rotatable bonds is 4. The predicted molar refractivity (Wildman–Crippen MR) is 110 cm³/mol. The molecule has 12 heteroatoms. The lowest BCUT2D eigenvalue weighted by atomic mass is 9.87. The van der Waals surface area contributed by atoms with Crippen LogP contribution in [0, 0.1) is 11.8 Å². The minimum Gasteiger partial charge on any atom is -0.497 e. The number of likely N-dealkylation sites (tertiary alicyclic amines) is 1. The standard InChI is InChI=1S/C18H26N2O4S.C2HF3O2/c1-19(2)18(21)15-8-9-25(22,23)17-12-20(11-16(15)17)10-13-4-6-14(24-3)7-5-13;3-2(4,5)1(6)7/h4-7,15-17H,8-12H2,1-3H3;(H,6,7)/t15-,16+,17+;/m0./s1. The van der Waals surface area contributed by atoms with Crippen molar-refractivity contribution in [3.63, 3.8) is 0 Å². The molecule has 1 N–H and O–H groups in total. The quantitative estimate of drug-likeness (QED) is 0.699. The number of hydrogen-bond acceptors (Lipinski definition) is 6. The van der Waals surface area contributed by atoms with Gasteiger partial charge in [-0.1, -0.05) is 12.1 Å². The predicted octanol–water partition coefficient (Wildman–Crippen LogP) is 1.65. The molecule has 0 aliphatic carbocycles. The minimum absolute atomic E-state index is 0.0520. The number of hydrogen-bond donors (Lipinski definition) is 1. The molecule has 3 rings (SSSR count). The van der Waals surface area contributed by atoms with E-state index in [-0.39, 0.29) is 23.5 Å². The minimum atomic E-state index is -5.08. The van der Waals surface area contributed by atoms with Crippen molar-refractivity contribution in [3.05, 3.63) is 29.8 Å². The first kappa shape index (κ1) is 25.9. The molecule has 2 saturated heterocycles. The number of nitrogens with zero attached hydrogens (tertiary/aromatic N) is 2. The number of fused-ring (bicyclic) bond motifs is 1. The number of amides is 1. The summed E-state index contributed by atoms with van der Waals surface area (Å²) in [6.07, 6.45) is -4.64. The highest BCUT2D eigenvalue weighted by molar-refractivity contribution is 7.92. The molecule has 0 aromatic heterocycles. The number of benzene rings is 1. The van der Waals surface area contributed by atoms with E-state index in [4.69, 9.17) is 14.6 Å². The fourth-order valence-electron chi connectivity index (χ4n) is 4.06. The Bertz CT molecular complexity index is 918. The molecule has 2 aliphatic rings. The van der Waals surface area contributed by atoms with Crippen molar-refractivity contribution in [3.8, 4) is 5.75 Å². The second kappa shape index (κ2) is 10.1. The topological polar surface area (TPSA) is 104 Å². The third-order valence-electron chi connectivity index (χ3n) is 5.64. The van der Waals surface area contributed by atoms with E-state index in [0.29, 0.717) is 26.1 Å². The Morgan fingerprint density at radius 3 is 2.22 bits per heavy atom. The van der Waals surface area contributed by atoms with E-state index >= 15 is 0 Å². The zero-order chi connectivity index (χ0) is 24.3. The Hall–Kier alpha value is -2.34. The molecule has 1 amide bonds. The van der Waals surface area contributed by atoms with Crippen LogP contribution in [-0.2, 0) is 26.0 Å². The zero-order valence-corrected chi connectivity index (χ0v) is 18.8. The Balaban J connectivity index is 0.000000451. The lowest BCUT2D eigenvalue weighted by Gasteiger charge is -2.33. The van der Waals surface area contributed by atoms with Gasteiger partial charge in [0, 0.05) is 45.6 Å². The smallest absolute Gasteiger partial charge is 0.490 e. The fraction of sp³-hybridized carbons (Fsp3) is 0.600. The molecule has 3 atom stereocenters. The number of sulfone groups is 1. The summed E-state index contributed by atoms with van der Waals surface area (Å²) in [5.74, 6) is -2.08. The molecule has 0 saturated carbocycles. The van der Waals surface area contributed by atoms with E-state index in [0.717, 1.165) is 11.3 Å². The van der Waals surface area contributed by atoms with Crippen LogP contribution < -0.4 is 4.74 Å². The van der Waals surface area contributed by atoms with Gasteiger partial charge in [-0.2, -0.15) is 13.2 Å². The summed E-state index contributed by atoms with van der Waals surface area (Å²) >= 11 is 0. The number of methoxy groups -OCH3 is 1. The summed E-state index contributed by atoms with van der Waals surface area (Å²) in [5.41, 5.74) is 1.12. The van der Waals surface area contributed by atoms with Gasteiger partial charge in [0.2, 0.25) is 5.91 Å². The van der Waals surface area contributed by atoms with Gasteiger partial charge < -0.3 is 14.7 Å². The van der Waals surface area contributed by atoms with Crippen LogP contribution >= 0.6 is 0 Å². The van der Waals surface area contributed by atoms with Crippen LogP contribution in [0.2, 0.25) is 0 Å². The summed E-state index contributed by atoms with van der Waals surface area (Å²) in [6, 6.07) is 7.82. The lowest BCUT2D eigenvalue weighted by Crippen LogP contribution is -2.46. The molecule has 180 valence electrons. The van der Waals surface area contributed by atoms with Gasteiger partial charge in [0.25, 0.3) is 0 Å². The van der Waals surface area contributed by atoms with Crippen molar-refractivity contribution in [2.45, 2.75) is 24.4 Å². The maximum Gasteiger partial charge on any atom is 0.490 e. The molecule has 2 fully saturated rings. The highest BCUT2D eigenvalue weighted by atomic mass is 32.2. The van der Waals surface area contributed by atoms with E-state index in [9.17, 15) is 26.4 Å². The first-order chi connectivity index (χ1) is 14.8. The number of carboxylic acids is 1. The average molecular weight is 481 g/mol. The van der Waals surface area contributed by atoms with Crippen molar-refractivity contribution in [1.29, 1.82) is 0 Å². The molecular weight excluding hydrogens is 453 g/mol. The van der Waals surface area contributed by atoms with E-state index < -0.39 is 27.2 Å². The van der Waals surface area contributed by atoms with Gasteiger partial charge in [-0.15, -0.1) is 0 Å². The lowest BCUT2D eigenvalue weighted by molar-refractivity contribution is -0.192. The SMILES string of the molecule is COc1ccc(CN2C[C@@H]3[C@@H](C(=O)N(C)C)CCS(=O)(=O)[C@@H]3C2)cc1.O=C(O)C(F)(F)F. The first-order valence-electron chi connectivity index (χ1n) is 9.84. The number of carbonyl (C=O) groups excluding carboxylic acids is 1. The van der Waals surface area contributed by atoms with E-state index in [1.54, 1.807) is 26.1 Å². The van der Waals surface area contributed by atoms with Crippen molar-refractivity contribution in [2.75, 3.05) is 40.0 Å². The summed E-state index contributed by atoms with van der Waals surface area (Å²) in [4.78, 5) is 25.1. The molecule has 0 spiro atoms. The monoisotopic (exact) mass is 480 g/mol. The van der Waals surface area contributed by atoms with E-state index in [2.05, 4.69) is 4.90 Å². The molecule has 2 heterocycles. The fourth-order valence-corrected chi connectivity index (χ4v) is 6.19. The second-order valence-electron chi connectivity index (χ2n) is 8.04. The Morgan fingerprint density at radius 2 is 1.75 bits per heavy atom. The maximum atomic E-state index is 12.5. The Kier molecular flexibility index (Phi) is 8.16. The second-order valence-corrected chi connectivity index (χ2v) is 10.4. The molecule has 8 nitrogen and oxygen atoms in total. The number of alkyl halides is 3. The van der Waals surface area contributed by atoms with Gasteiger partial charge in [0.1, 0.15) is 5.75 Å². The van der Waals surface area contributed by atoms with Gasteiger partial charge in [0.15, 0.2) is 9.84 Å². The molecular formula is C20H27F3N2O6S. The van der Waals surface area contributed by atoms with Crippen molar-refractivity contribution < 1.29 is 41.0 Å². The van der Waals surface area contributed by atoms with Crippen LogP contribution in [0.25, 0.3) is 0 Å². The third kappa shape index (κ3) is 6.35. The van der Waals surface area contributed by atoms with Crippen LogP contribution in [-0.4, -0.2) is 86.7 Å². The molecule has 32 heavy (non-hydrogen) atoms. The normalized spacial score (nSPS) is 24.6. The number of carbonyl (C=O) groups is 2. The van der Waals surface area contributed by atoms with Gasteiger partial charge in [0.05, 0.1) is 18.1 Å². The van der Waals surface area contributed by atoms with Gasteiger partial charge in [-0.25, -0.2) is 13.2 Å². The van der Waals surface area contributed by atoms with Crippen LogP contribution in [0.15, 0.2) is 24.3 Å². The van der Waals surface area contributed by atoms with Gasteiger partial charge in [-0.3, -0.25) is 9.69 Å². The Labute approximate surface area is 184 Å². The number of ether oxygens (including phenoxy) is 1. The highest BCUT2D eigenvalue weighted by Gasteiger charge is 2.50. The van der Waals surface area contributed by atoms with Crippen LogP contribution in [0.4, 0.5) is 13.2 Å². The van der Waals surface area contributed by atoms with E-state index in [1.807, 2.05) is 24.3 Å². The van der Waals surface area contributed by atoms with Gasteiger partial charge in [-0.05, 0) is 24.1 Å². The maximum absolute atomic E-state index is 12.5. The molecule has 1 aromatic rings. The molecule has 0 unspecified atom stereocenters. The largest absolute Gasteiger partial charge is 0.497 e. The van der Waals surface area contributed by atoms with Crippen molar-refractivity contribution >= 4 is 21.7 Å². The molecule has 0 bridgehead atoms. The van der Waals surface area contributed by atoms with Crippen LogP contribution in [0.5, 0.6) is 5.75 Å². The average Bonchev–Trinajstić information content (AvgIpc) is 3.13. The van der Waals surface area contributed by atoms with Crippen LogP contribution in [0.1, 0.15) is 12.0 Å². The van der Waals surface area contributed by atoms with Crippen molar-refractivity contribution in [2.24, 2.45) is 11.8 Å². The summed E-state index contributed by atoms with van der Waals surface area (Å²) < 4.78 is 61.9. The molecule has 0 radical (unpaired) electrons. The third-order valence-corrected chi connectivity index (χ3v) is 7.87. The van der Waals surface area contributed by atoms with Gasteiger partial charge >= 0.3 is 12.1 Å².